The van der Waals surface area contributed by atoms with E-state index in [1.165, 1.54) is 0 Å². The van der Waals surface area contributed by atoms with E-state index in [2.05, 4.69) is 4.98 Å². The molecule has 0 unspecified atom stereocenters. The van der Waals surface area contributed by atoms with Crippen molar-refractivity contribution in [3.05, 3.63) is 54.2 Å². The van der Waals surface area contributed by atoms with Gasteiger partial charge in [0.15, 0.2) is 5.78 Å². The molecule has 0 radical (unpaired) electrons. The molecule has 0 aliphatic rings. The van der Waals surface area contributed by atoms with Crippen LogP contribution < -0.4 is 0 Å². The van der Waals surface area contributed by atoms with Gasteiger partial charge in [-0.3, -0.25) is 4.79 Å². The Hall–Kier alpha value is -2.36. The highest BCUT2D eigenvalue weighted by atomic mass is 16.1. The molecule has 3 rings (SSSR count). The second-order valence-electron chi connectivity index (χ2n) is 6.49. The number of fused-ring (bicyclic) bond motifs is 1. The van der Waals surface area contributed by atoms with E-state index in [0.29, 0.717) is 6.54 Å². The Bertz CT molecular complexity index is 839. The van der Waals surface area contributed by atoms with Crippen molar-refractivity contribution < 1.29 is 4.79 Å². The number of aryl methyl sites for hydroxylation is 2. The molecule has 0 bridgehead atoms. The zero-order valence-corrected chi connectivity index (χ0v) is 13.5. The highest BCUT2D eigenvalue weighted by Crippen LogP contribution is 2.29. The lowest BCUT2D eigenvalue weighted by Crippen LogP contribution is -2.29. The quantitative estimate of drug-likeness (QED) is 0.690. The van der Waals surface area contributed by atoms with Gasteiger partial charge < -0.3 is 9.13 Å². The molecule has 114 valence electrons. The van der Waals surface area contributed by atoms with Crippen molar-refractivity contribution >= 4 is 16.7 Å². The fourth-order valence-electron chi connectivity index (χ4n) is 2.96. The van der Waals surface area contributed by atoms with E-state index >= 15 is 0 Å². The molecule has 0 spiro atoms. The molecule has 4 heteroatoms. The Morgan fingerprint density at radius 2 is 2.00 bits per heavy atom. The van der Waals surface area contributed by atoms with Gasteiger partial charge in [0, 0.05) is 54.1 Å². The Morgan fingerprint density at radius 3 is 2.68 bits per heavy atom. The number of imidazole rings is 1. The molecule has 0 N–H and O–H groups in total. The first-order chi connectivity index (χ1) is 10.4. The molecule has 4 nitrogen and oxygen atoms in total. The first-order valence-corrected chi connectivity index (χ1v) is 7.47. The summed E-state index contributed by atoms with van der Waals surface area (Å²) in [6.45, 7) is 6.58. The van der Waals surface area contributed by atoms with Crippen molar-refractivity contribution in [1.82, 2.24) is 14.1 Å². The summed E-state index contributed by atoms with van der Waals surface area (Å²) in [6.07, 6.45) is 5.64. The van der Waals surface area contributed by atoms with E-state index in [4.69, 9.17) is 0 Å². The minimum Gasteiger partial charge on any atom is -0.350 e. The second kappa shape index (κ2) is 5.13. The summed E-state index contributed by atoms with van der Waals surface area (Å²) >= 11 is 0. The van der Waals surface area contributed by atoms with Crippen LogP contribution in [0, 0.1) is 12.3 Å². The highest BCUT2D eigenvalue weighted by Gasteiger charge is 2.31. The Labute approximate surface area is 130 Å². The monoisotopic (exact) mass is 295 g/mol. The lowest BCUT2D eigenvalue weighted by atomic mass is 9.84. The number of benzene rings is 1. The van der Waals surface area contributed by atoms with Crippen LogP contribution in [0.2, 0.25) is 0 Å². The number of nitrogens with zero attached hydrogens (tertiary/aromatic N) is 3. The molecule has 2 heterocycles. The normalized spacial score (nSPS) is 12.0. The van der Waals surface area contributed by atoms with Gasteiger partial charge in [0.05, 0.1) is 0 Å². The second-order valence-corrected chi connectivity index (χ2v) is 6.49. The Morgan fingerprint density at radius 1 is 1.27 bits per heavy atom. The third-order valence-electron chi connectivity index (χ3n) is 4.25. The van der Waals surface area contributed by atoms with Gasteiger partial charge in [-0.05, 0) is 13.0 Å². The van der Waals surface area contributed by atoms with Crippen molar-refractivity contribution in [1.29, 1.82) is 0 Å². The molecule has 2 aromatic heterocycles. The number of rotatable bonds is 4. The van der Waals surface area contributed by atoms with E-state index in [1.807, 2.05) is 73.6 Å². The number of hydrogen-bond acceptors (Lipinski definition) is 2. The maximum Gasteiger partial charge on any atom is 0.172 e. The van der Waals surface area contributed by atoms with Crippen LogP contribution in [0.3, 0.4) is 0 Å². The van der Waals surface area contributed by atoms with Crippen LogP contribution in [0.1, 0.15) is 30.0 Å². The zero-order chi connectivity index (χ0) is 15.9. The van der Waals surface area contributed by atoms with Gasteiger partial charge in [0.1, 0.15) is 5.82 Å². The Kier molecular flexibility index (Phi) is 3.39. The summed E-state index contributed by atoms with van der Waals surface area (Å²) < 4.78 is 4.05. The molecule has 0 atom stereocenters. The summed E-state index contributed by atoms with van der Waals surface area (Å²) in [5.41, 5.74) is 1.39. The van der Waals surface area contributed by atoms with Crippen molar-refractivity contribution in [2.24, 2.45) is 12.5 Å². The SMILES string of the molecule is Cc1nccn1CC(C)(C)C(=O)c1cn(C)c2ccccc12. The van der Waals surface area contributed by atoms with Gasteiger partial charge in [-0.1, -0.05) is 32.0 Å². The Balaban J connectivity index is 1.99. The van der Waals surface area contributed by atoms with Crippen molar-refractivity contribution in [2.45, 2.75) is 27.3 Å². The minimum absolute atomic E-state index is 0.164. The third-order valence-corrected chi connectivity index (χ3v) is 4.25. The lowest BCUT2D eigenvalue weighted by Gasteiger charge is -2.24. The largest absolute Gasteiger partial charge is 0.350 e. The van der Waals surface area contributed by atoms with Crippen LogP contribution in [0.25, 0.3) is 10.9 Å². The topological polar surface area (TPSA) is 39.8 Å². The standard InChI is InChI=1S/C18H21N3O/c1-13-19-9-10-21(13)12-18(2,3)17(22)15-11-20(4)16-8-6-5-7-14(15)16/h5-11H,12H2,1-4H3. The van der Waals surface area contributed by atoms with Crippen LogP contribution in [-0.4, -0.2) is 19.9 Å². The minimum atomic E-state index is -0.490. The molecule has 0 saturated carbocycles. The van der Waals surface area contributed by atoms with Gasteiger partial charge in [-0.15, -0.1) is 0 Å². The lowest BCUT2D eigenvalue weighted by molar-refractivity contribution is 0.0815. The van der Waals surface area contributed by atoms with Gasteiger partial charge >= 0.3 is 0 Å². The van der Waals surface area contributed by atoms with Crippen LogP contribution in [0.15, 0.2) is 42.9 Å². The van der Waals surface area contributed by atoms with Crippen LogP contribution >= 0.6 is 0 Å². The average Bonchev–Trinajstić information content (AvgIpc) is 3.03. The molecular formula is C18H21N3O. The van der Waals surface area contributed by atoms with Gasteiger partial charge in [0.2, 0.25) is 0 Å². The fourth-order valence-corrected chi connectivity index (χ4v) is 2.96. The van der Waals surface area contributed by atoms with Crippen molar-refractivity contribution in [3.63, 3.8) is 0 Å². The predicted octanol–water partition coefficient (Wildman–Crippen LogP) is 3.59. The van der Waals surface area contributed by atoms with E-state index in [0.717, 1.165) is 22.3 Å². The first kappa shape index (κ1) is 14.6. The first-order valence-electron chi connectivity index (χ1n) is 7.47. The highest BCUT2D eigenvalue weighted by molar-refractivity contribution is 6.10. The molecule has 0 aliphatic carbocycles. The summed E-state index contributed by atoms with van der Waals surface area (Å²) in [4.78, 5) is 17.3. The number of Topliss-reactive ketones (excluding diaryl/α,β-unsaturated/α-hetero) is 1. The maximum absolute atomic E-state index is 13.1. The predicted molar refractivity (Wildman–Crippen MR) is 88.0 cm³/mol. The van der Waals surface area contributed by atoms with E-state index < -0.39 is 5.41 Å². The summed E-state index contributed by atoms with van der Waals surface area (Å²) in [5.74, 6) is 1.09. The molecule has 0 amide bonds. The number of hydrogen-bond donors (Lipinski definition) is 0. The van der Waals surface area contributed by atoms with E-state index in [1.54, 1.807) is 6.20 Å². The smallest absolute Gasteiger partial charge is 0.172 e. The molecule has 0 aliphatic heterocycles. The van der Waals surface area contributed by atoms with Crippen molar-refractivity contribution in [2.75, 3.05) is 0 Å². The number of carbonyl (C=O) groups is 1. The summed E-state index contributed by atoms with van der Waals surface area (Å²) in [5, 5.41) is 1.02. The van der Waals surface area contributed by atoms with Crippen LogP contribution in [0.4, 0.5) is 0 Å². The number of carbonyl (C=O) groups excluding carboxylic acids is 1. The number of ketones is 1. The van der Waals surface area contributed by atoms with E-state index in [-0.39, 0.29) is 5.78 Å². The molecule has 0 fully saturated rings. The van der Waals surface area contributed by atoms with Gasteiger partial charge in [0.25, 0.3) is 0 Å². The maximum atomic E-state index is 13.1. The molecule has 22 heavy (non-hydrogen) atoms. The number of para-hydroxylation sites is 1. The van der Waals surface area contributed by atoms with Gasteiger partial charge in [-0.25, -0.2) is 4.98 Å². The molecule has 0 saturated heterocycles. The zero-order valence-electron chi connectivity index (χ0n) is 13.5. The van der Waals surface area contributed by atoms with Crippen LogP contribution in [-0.2, 0) is 13.6 Å². The summed E-state index contributed by atoms with van der Waals surface area (Å²) in [6, 6.07) is 8.03. The van der Waals surface area contributed by atoms with Gasteiger partial charge in [-0.2, -0.15) is 0 Å². The summed E-state index contributed by atoms with van der Waals surface area (Å²) in [7, 11) is 1.98. The van der Waals surface area contributed by atoms with E-state index in [9.17, 15) is 4.79 Å². The molecule has 3 aromatic rings. The fraction of sp³-hybridized carbons (Fsp3) is 0.333. The molecule has 1 aromatic carbocycles. The average molecular weight is 295 g/mol. The van der Waals surface area contributed by atoms with Crippen LogP contribution in [0.5, 0.6) is 0 Å². The molecular weight excluding hydrogens is 274 g/mol. The number of aromatic nitrogens is 3. The third kappa shape index (κ3) is 2.34. The van der Waals surface area contributed by atoms with Crippen molar-refractivity contribution in [3.8, 4) is 0 Å².